The third kappa shape index (κ3) is 66.4. The van der Waals surface area contributed by atoms with Gasteiger partial charge in [0.1, 0.15) is 13.2 Å². The number of hydrogen-bond donors (Lipinski definition) is 0. The van der Waals surface area contributed by atoms with Crippen LogP contribution in [0.2, 0.25) is 0 Å². The molecule has 0 aliphatic heterocycles. The first-order valence-corrected chi connectivity index (χ1v) is 35.4. The molecule has 0 rings (SSSR count). The van der Waals surface area contributed by atoms with Crippen molar-refractivity contribution in [1.82, 2.24) is 0 Å². The van der Waals surface area contributed by atoms with Crippen LogP contribution in [-0.4, -0.2) is 82.3 Å². The summed E-state index contributed by atoms with van der Waals surface area (Å²) >= 11 is 0. The zero-order valence-electron chi connectivity index (χ0n) is 55.3. The summed E-state index contributed by atoms with van der Waals surface area (Å²) in [5.74, 6) is -2.27. The smallest absolute Gasteiger partial charge is 0.306 e. The molecule has 9 nitrogen and oxygen atoms in total. The molecule has 0 fully saturated rings. The SMILES string of the molecule is CC/C=C\C/C=C\C/C=C\C/C=C\CCCCCCCCCCCCCCC(=O)OC(COC(=O)CCCCCCCCCCCCCCCCCCCCCCC/C=C\CCCCCCCCCC)COC(OCC[N+](C)(C)C)C(=O)[O-]. The first-order valence-electron chi connectivity index (χ1n) is 35.4. The average molecular weight is 1170 g/mol. The number of aliphatic carboxylic acids is 1. The van der Waals surface area contributed by atoms with Gasteiger partial charge >= 0.3 is 11.9 Å². The summed E-state index contributed by atoms with van der Waals surface area (Å²) in [4.78, 5) is 37.5. The van der Waals surface area contributed by atoms with Gasteiger partial charge in [-0.2, -0.15) is 0 Å². The second-order valence-electron chi connectivity index (χ2n) is 25.1. The highest BCUT2D eigenvalue weighted by molar-refractivity contribution is 5.70. The number of rotatable bonds is 66. The van der Waals surface area contributed by atoms with E-state index < -0.39 is 24.3 Å². The first kappa shape index (κ1) is 80.0. The predicted molar refractivity (Wildman–Crippen MR) is 352 cm³/mol. The number of nitrogens with zero attached hydrogens (tertiary/aromatic N) is 1. The molecule has 0 aliphatic rings. The number of ether oxygens (including phenoxy) is 4. The van der Waals surface area contributed by atoms with Crippen LogP contribution < -0.4 is 5.11 Å². The number of esters is 2. The van der Waals surface area contributed by atoms with E-state index in [9.17, 15) is 19.5 Å². The summed E-state index contributed by atoms with van der Waals surface area (Å²) < 4.78 is 22.8. The second-order valence-corrected chi connectivity index (χ2v) is 25.1. The van der Waals surface area contributed by atoms with Gasteiger partial charge in [-0.15, -0.1) is 0 Å². The molecule has 0 aromatic carbocycles. The Balaban J connectivity index is 4.05. The van der Waals surface area contributed by atoms with Crippen LogP contribution in [0.15, 0.2) is 60.8 Å². The molecule has 2 atom stereocenters. The molecule has 0 aromatic rings. The minimum absolute atomic E-state index is 0.147. The Morgan fingerprint density at radius 3 is 1.04 bits per heavy atom. The van der Waals surface area contributed by atoms with Gasteiger partial charge in [0.05, 0.1) is 40.3 Å². The number of hydrogen-bond acceptors (Lipinski definition) is 8. The van der Waals surface area contributed by atoms with Gasteiger partial charge in [0.25, 0.3) is 0 Å². The lowest BCUT2D eigenvalue weighted by Gasteiger charge is -2.26. The molecule has 0 heterocycles. The Hall–Kier alpha value is -3.01. The minimum Gasteiger partial charge on any atom is -0.545 e. The van der Waals surface area contributed by atoms with E-state index in [1.807, 2.05) is 21.1 Å². The van der Waals surface area contributed by atoms with Crippen molar-refractivity contribution in [2.75, 3.05) is 47.5 Å². The summed E-state index contributed by atoms with van der Waals surface area (Å²) in [6, 6.07) is 0. The molecule has 83 heavy (non-hydrogen) atoms. The lowest BCUT2D eigenvalue weighted by atomic mass is 10.0. The molecule has 0 aliphatic carbocycles. The summed E-state index contributed by atoms with van der Waals surface area (Å²) in [6.45, 7) is 4.68. The number of carbonyl (C=O) groups excluding carboxylic acids is 3. The number of carboxylic acid groups (broad SMARTS) is 1. The van der Waals surface area contributed by atoms with E-state index in [-0.39, 0.29) is 32.2 Å². The molecule has 0 aromatic heterocycles. The fourth-order valence-electron chi connectivity index (χ4n) is 10.4. The molecule has 0 amide bonds. The number of quaternary nitrogens is 1. The van der Waals surface area contributed by atoms with Crippen molar-refractivity contribution in [2.24, 2.45) is 0 Å². The van der Waals surface area contributed by atoms with E-state index in [2.05, 4.69) is 74.6 Å². The molecule has 9 heteroatoms. The van der Waals surface area contributed by atoms with Crippen molar-refractivity contribution in [3.8, 4) is 0 Å². The van der Waals surface area contributed by atoms with E-state index in [0.29, 0.717) is 23.9 Å². The lowest BCUT2D eigenvalue weighted by molar-refractivity contribution is -0.870. The van der Waals surface area contributed by atoms with Gasteiger partial charge in [-0.05, 0) is 77.0 Å². The molecule has 0 saturated carbocycles. The highest BCUT2D eigenvalue weighted by atomic mass is 16.7. The fraction of sp³-hybridized carbons (Fsp3) is 0.824. The molecule has 0 spiro atoms. The van der Waals surface area contributed by atoms with Gasteiger partial charge in [-0.3, -0.25) is 9.59 Å². The molecule has 2 unspecified atom stereocenters. The first-order chi connectivity index (χ1) is 40.6. The summed E-state index contributed by atoms with van der Waals surface area (Å²) in [5.41, 5.74) is 0. The maximum Gasteiger partial charge on any atom is 0.306 e. The van der Waals surface area contributed by atoms with Crippen molar-refractivity contribution in [3.63, 3.8) is 0 Å². The Kier molecular flexibility index (Phi) is 62.6. The second kappa shape index (κ2) is 65.0. The normalized spacial score (nSPS) is 13.0. The van der Waals surface area contributed by atoms with Crippen LogP contribution in [0.5, 0.6) is 0 Å². The third-order valence-corrected chi connectivity index (χ3v) is 15.7. The largest absolute Gasteiger partial charge is 0.545 e. The van der Waals surface area contributed by atoms with Crippen LogP contribution in [-0.2, 0) is 33.3 Å². The zero-order chi connectivity index (χ0) is 60.5. The summed E-state index contributed by atoms with van der Waals surface area (Å²) in [7, 11) is 5.94. The molecule has 0 saturated heterocycles. The van der Waals surface area contributed by atoms with Crippen molar-refractivity contribution >= 4 is 17.9 Å². The number of unbranched alkanes of at least 4 members (excludes halogenated alkanes) is 41. The highest BCUT2D eigenvalue weighted by Gasteiger charge is 2.22. The van der Waals surface area contributed by atoms with E-state index in [4.69, 9.17) is 18.9 Å². The van der Waals surface area contributed by atoms with Crippen molar-refractivity contribution < 1.29 is 42.9 Å². The van der Waals surface area contributed by atoms with Crippen molar-refractivity contribution in [3.05, 3.63) is 60.8 Å². The van der Waals surface area contributed by atoms with E-state index >= 15 is 0 Å². The number of allylic oxidation sites excluding steroid dienone is 10. The standard InChI is InChI=1S/C74H135NO8/c1-6-8-10-12-14-16-18-20-22-24-26-28-30-32-33-34-35-36-37-38-39-41-42-44-46-48-50-52-54-56-58-60-62-64-71(76)81-68-70(69-82-74(73(78)79)80-67-66-75(3,4)5)83-72(77)65-63-61-59-57-55-53-51-49-47-45-43-40-31-29-27-25-23-21-19-17-15-13-11-9-7-2/h9,11,15,17,21,23-24,26-27,29,70,74H,6-8,10,12-14,16,18-20,22,25,28,30-69H2,1-5H3/b11-9-,17-15-,23-21-,26-24-,29-27-. The van der Waals surface area contributed by atoms with Crippen molar-refractivity contribution in [2.45, 2.75) is 347 Å². The van der Waals surface area contributed by atoms with Crippen LogP contribution in [0, 0.1) is 0 Å². The lowest BCUT2D eigenvalue weighted by Crippen LogP contribution is -2.44. The van der Waals surface area contributed by atoms with E-state index in [1.165, 1.54) is 238 Å². The highest BCUT2D eigenvalue weighted by Crippen LogP contribution is 2.18. The zero-order valence-corrected chi connectivity index (χ0v) is 55.3. The molecular formula is C74H135NO8. The Morgan fingerprint density at radius 2 is 0.687 bits per heavy atom. The molecular weight excluding hydrogens is 1030 g/mol. The topological polar surface area (TPSA) is 111 Å². The van der Waals surface area contributed by atoms with Crippen LogP contribution in [0.4, 0.5) is 0 Å². The average Bonchev–Trinajstić information content (AvgIpc) is 3.46. The predicted octanol–water partition coefficient (Wildman–Crippen LogP) is 20.6. The van der Waals surface area contributed by atoms with Gasteiger partial charge in [0.15, 0.2) is 12.4 Å². The number of likely N-dealkylation sites (N-methyl/N-ethyl adjacent to an activating group) is 1. The van der Waals surface area contributed by atoms with Gasteiger partial charge in [-0.1, -0.05) is 306 Å². The maximum absolute atomic E-state index is 12.9. The number of carbonyl (C=O) groups is 3. The van der Waals surface area contributed by atoms with Gasteiger partial charge < -0.3 is 33.3 Å². The summed E-state index contributed by atoms with van der Waals surface area (Å²) in [5, 5.41) is 11.8. The van der Waals surface area contributed by atoms with Gasteiger partial charge in [0.2, 0.25) is 0 Å². The Bertz CT molecular complexity index is 1550. The molecule has 0 bridgehead atoms. The van der Waals surface area contributed by atoms with Crippen LogP contribution in [0.3, 0.4) is 0 Å². The Labute approximate surface area is 514 Å². The quantitative estimate of drug-likeness (QED) is 0.0195. The molecule has 0 radical (unpaired) electrons. The van der Waals surface area contributed by atoms with Crippen LogP contribution in [0.1, 0.15) is 335 Å². The molecule has 0 N–H and O–H groups in total. The molecule has 484 valence electrons. The maximum atomic E-state index is 12.9. The number of carboxylic acids is 1. The monoisotopic (exact) mass is 1170 g/mol. The van der Waals surface area contributed by atoms with Gasteiger partial charge in [-0.25, -0.2) is 0 Å². The Morgan fingerprint density at radius 1 is 0.373 bits per heavy atom. The minimum atomic E-state index is -1.62. The fourth-order valence-corrected chi connectivity index (χ4v) is 10.4. The van der Waals surface area contributed by atoms with Crippen molar-refractivity contribution in [1.29, 1.82) is 0 Å². The van der Waals surface area contributed by atoms with Crippen LogP contribution >= 0.6 is 0 Å². The third-order valence-electron chi connectivity index (χ3n) is 15.7. The van der Waals surface area contributed by atoms with E-state index in [0.717, 1.165) is 64.2 Å². The van der Waals surface area contributed by atoms with Gasteiger partial charge in [0, 0.05) is 12.8 Å². The summed E-state index contributed by atoms with van der Waals surface area (Å²) in [6.07, 6.45) is 81.7. The van der Waals surface area contributed by atoms with Crippen LogP contribution in [0.25, 0.3) is 0 Å². The van der Waals surface area contributed by atoms with E-state index in [1.54, 1.807) is 0 Å².